The molecule has 0 spiro atoms. The van der Waals surface area contributed by atoms with Gasteiger partial charge in [0.05, 0.1) is 11.9 Å². The molecule has 1 aliphatic rings. The van der Waals surface area contributed by atoms with E-state index in [0.717, 1.165) is 18.7 Å². The number of carbonyl (C=O) groups excluding carboxylic acids is 1. The van der Waals surface area contributed by atoms with E-state index in [2.05, 4.69) is 27.6 Å². The summed E-state index contributed by atoms with van der Waals surface area (Å²) in [4.78, 5) is 18.1. The van der Waals surface area contributed by atoms with Gasteiger partial charge in [0.15, 0.2) is 0 Å². The Morgan fingerprint density at radius 2 is 2.05 bits per heavy atom. The van der Waals surface area contributed by atoms with Gasteiger partial charge in [-0.25, -0.2) is 4.79 Å². The molecule has 0 saturated carbocycles. The van der Waals surface area contributed by atoms with Crippen molar-refractivity contribution in [1.29, 1.82) is 0 Å². The van der Waals surface area contributed by atoms with Crippen molar-refractivity contribution in [1.82, 2.24) is 4.98 Å². The number of halogens is 1. The summed E-state index contributed by atoms with van der Waals surface area (Å²) in [6, 6.07) is 9.31. The minimum Gasteiger partial charge on any atom is -1.00 e. The molecule has 6 heteroatoms. The van der Waals surface area contributed by atoms with Crippen molar-refractivity contribution >= 4 is 23.1 Å². The third-order valence-electron chi connectivity index (χ3n) is 3.38. The smallest absolute Gasteiger partial charge is 0.323 e. The van der Waals surface area contributed by atoms with Crippen LogP contribution in [0.4, 0.5) is 21.9 Å². The van der Waals surface area contributed by atoms with Crippen molar-refractivity contribution in [2.45, 2.75) is 6.42 Å². The molecule has 110 valence electrons. The van der Waals surface area contributed by atoms with Crippen LogP contribution in [0, 0.1) is 0 Å². The number of hydrogen-bond donors (Lipinski definition) is 2. The Hall–Kier alpha value is -2.27. The monoisotopic (exact) mass is 303 g/mol. The average Bonchev–Trinajstić information content (AvgIpc) is 2.81. The molecule has 5 nitrogen and oxygen atoms in total. The van der Waals surface area contributed by atoms with Crippen LogP contribution in [-0.2, 0) is 6.42 Å². The Balaban J connectivity index is 0.00000161. The van der Waals surface area contributed by atoms with Gasteiger partial charge in [-0.15, -0.1) is 0 Å². The number of urea groups is 1. The van der Waals surface area contributed by atoms with Gasteiger partial charge in [-0.05, 0) is 42.3 Å². The van der Waals surface area contributed by atoms with Crippen molar-refractivity contribution in [2.75, 3.05) is 29.1 Å². The maximum atomic E-state index is 11.9. The van der Waals surface area contributed by atoms with Gasteiger partial charge in [0, 0.05) is 31.2 Å². The van der Waals surface area contributed by atoms with Crippen molar-refractivity contribution in [3.05, 3.63) is 48.3 Å². The summed E-state index contributed by atoms with van der Waals surface area (Å²) >= 11 is 0. The molecule has 2 heterocycles. The molecule has 0 atom stereocenters. The van der Waals surface area contributed by atoms with Crippen LogP contribution in [-0.4, -0.2) is 24.6 Å². The number of aromatic nitrogens is 1. The minimum atomic E-state index is -0.260. The molecule has 0 aliphatic carbocycles. The standard InChI is InChI=1S/C15H16N4O.ClH/c1-19-8-6-11-9-12(4-5-14(11)19)17-15(20)18-13-3-2-7-16-10-13;/h2-5,7,9-10H,6,8H2,1H3,(H2,17,18,20);1H/p-1. The molecule has 2 amide bonds. The molecule has 1 aromatic heterocycles. The van der Waals surface area contributed by atoms with Crippen molar-refractivity contribution in [3.63, 3.8) is 0 Å². The van der Waals surface area contributed by atoms with E-state index in [-0.39, 0.29) is 18.4 Å². The first-order valence-electron chi connectivity index (χ1n) is 6.54. The fourth-order valence-electron chi connectivity index (χ4n) is 2.37. The number of pyridine rings is 1. The van der Waals surface area contributed by atoms with Gasteiger partial charge >= 0.3 is 6.03 Å². The fourth-order valence-corrected chi connectivity index (χ4v) is 2.37. The zero-order valence-corrected chi connectivity index (χ0v) is 12.4. The highest BCUT2D eigenvalue weighted by Gasteiger charge is 2.16. The Kier molecular flexibility index (Phi) is 4.65. The van der Waals surface area contributed by atoms with Crippen LogP contribution >= 0.6 is 0 Å². The molecule has 1 aromatic carbocycles. The third-order valence-corrected chi connectivity index (χ3v) is 3.38. The normalized spacial score (nSPS) is 12.3. The van der Waals surface area contributed by atoms with Crippen molar-refractivity contribution < 1.29 is 17.2 Å². The summed E-state index contributed by atoms with van der Waals surface area (Å²) in [6.45, 7) is 1.03. The molecule has 2 N–H and O–H groups in total. The average molecular weight is 304 g/mol. The van der Waals surface area contributed by atoms with Crippen LogP contribution in [0.15, 0.2) is 42.7 Å². The van der Waals surface area contributed by atoms with E-state index in [1.165, 1.54) is 11.3 Å². The fraction of sp³-hybridized carbons (Fsp3) is 0.200. The number of amides is 2. The number of hydrogen-bond acceptors (Lipinski definition) is 3. The minimum absolute atomic E-state index is 0. The van der Waals surface area contributed by atoms with Crippen molar-refractivity contribution in [2.24, 2.45) is 0 Å². The number of rotatable bonds is 2. The molecule has 3 rings (SSSR count). The summed E-state index contributed by atoms with van der Waals surface area (Å²) in [6.07, 6.45) is 4.29. The lowest BCUT2D eigenvalue weighted by Gasteiger charge is -2.12. The van der Waals surface area contributed by atoms with E-state index in [0.29, 0.717) is 5.69 Å². The Bertz CT molecular complexity index is 633. The maximum absolute atomic E-state index is 11.9. The Morgan fingerprint density at radius 3 is 2.81 bits per heavy atom. The summed E-state index contributed by atoms with van der Waals surface area (Å²) in [5, 5.41) is 5.58. The van der Waals surface area contributed by atoms with Gasteiger partial charge in [0.2, 0.25) is 0 Å². The SMILES string of the molecule is CN1CCc2cc(NC(=O)Nc3cccnc3)ccc21.[Cl-]. The first kappa shape index (κ1) is 15.1. The molecule has 0 bridgehead atoms. The number of benzene rings is 1. The predicted octanol–water partition coefficient (Wildman–Crippen LogP) is -0.278. The highest BCUT2D eigenvalue weighted by atomic mass is 35.5. The van der Waals surface area contributed by atoms with E-state index in [1.807, 2.05) is 18.2 Å². The second-order valence-corrected chi connectivity index (χ2v) is 4.84. The van der Waals surface area contributed by atoms with Crippen LogP contribution in [0.1, 0.15) is 5.56 Å². The first-order valence-corrected chi connectivity index (χ1v) is 6.54. The molecule has 21 heavy (non-hydrogen) atoms. The summed E-state index contributed by atoms with van der Waals surface area (Å²) < 4.78 is 0. The van der Waals surface area contributed by atoms with Crippen LogP contribution in [0.5, 0.6) is 0 Å². The number of nitrogens with one attached hydrogen (secondary N) is 2. The quantitative estimate of drug-likeness (QED) is 0.802. The molecular weight excluding hydrogens is 288 g/mol. The summed E-state index contributed by atoms with van der Waals surface area (Å²) in [5.74, 6) is 0. The molecule has 0 saturated heterocycles. The lowest BCUT2D eigenvalue weighted by Crippen LogP contribution is -3.00. The largest absolute Gasteiger partial charge is 1.00 e. The van der Waals surface area contributed by atoms with Crippen molar-refractivity contribution in [3.8, 4) is 0 Å². The Morgan fingerprint density at radius 1 is 1.24 bits per heavy atom. The lowest BCUT2D eigenvalue weighted by atomic mass is 10.1. The second kappa shape index (κ2) is 6.45. The van der Waals surface area contributed by atoms with Crippen LogP contribution in [0.2, 0.25) is 0 Å². The van der Waals surface area contributed by atoms with Crippen LogP contribution < -0.4 is 27.9 Å². The topological polar surface area (TPSA) is 57.3 Å². The maximum Gasteiger partial charge on any atom is 0.323 e. The van der Waals surface area contributed by atoms with E-state index < -0.39 is 0 Å². The molecule has 2 aromatic rings. The zero-order chi connectivity index (χ0) is 13.9. The van der Waals surface area contributed by atoms with E-state index >= 15 is 0 Å². The second-order valence-electron chi connectivity index (χ2n) is 4.84. The zero-order valence-electron chi connectivity index (χ0n) is 11.6. The number of anilines is 3. The van der Waals surface area contributed by atoms with Gasteiger partial charge in [0.1, 0.15) is 0 Å². The number of nitrogens with zero attached hydrogens (tertiary/aromatic N) is 2. The van der Waals surface area contributed by atoms with Gasteiger partial charge < -0.3 is 27.9 Å². The van der Waals surface area contributed by atoms with E-state index in [1.54, 1.807) is 24.5 Å². The predicted molar refractivity (Wildman–Crippen MR) is 80.3 cm³/mol. The van der Waals surface area contributed by atoms with Gasteiger partial charge in [0.25, 0.3) is 0 Å². The Labute approximate surface area is 129 Å². The third kappa shape index (κ3) is 3.44. The molecule has 0 radical (unpaired) electrons. The number of likely N-dealkylation sites (N-methyl/N-ethyl adjacent to an activating group) is 1. The van der Waals surface area contributed by atoms with E-state index in [9.17, 15) is 4.79 Å². The first-order chi connectivity index (χ1) is 9.72. The van der Waals surface area contributed by atoms with Crippen LogP contribution in [0.3, 0.4) is 0 Å². The number of carbonyl (C=O) groups is 1. The molecule has 0 unspecified atom stereocenters. The van der Waals surface area contributed by atoms with Crippen LogP contribution in [0.25, 0.3) is 0 Å². The highest BCUT2D eigenvalue weighted by molar-refractivity contribution is 5.99. The van der Waals surface area contributed by atoms with Gasteiger partial charge in [-0.1, -0.05) is 0 Å². The summed E-state index contributed by atoms with van der Waals surface area (Å²) in [7, 11) is 2.08. The van der Waals surface area contributed by atoms with E-state index in [4.69, 9.17) is 0 Å². The molecule has 0 fully saturated rings. The lowest BCUT2D eigenvalue weighted by molar-refractivity contribution is -0.00000699. The molecule has 1 aliphatic heterocycles. The molecular formula is C15H16ClN4O-. The number of fused-ring (bicyclic) bond motifs is 1. The summed E-state index contributed by atoms with van der Waals surface area (Å²) in [5.41, 5.74) is 3.99. The van der Waals surface area contributed by atoms with Gasteiger partial charge in [-0.3, -0.25) is 4.98 Å². The highest BCUT2D eigenvalue weighted by Crippen LogP contribution is 2.29. The van der Waals surface area contributed by atoms with Gasteiger partial charge in [-0.2, -0.15) is 0 Å².